The molecule has 2 rings (SSSR count). The van der Waals surface area contributed by atoms with Crippen LogP contribution in [0.15, 0.2) is 24.3 Å². The number of carbonyl (C=O) groups is 1. The number of aryl methyl sites for hydroxylation is 1. The van der Waals surface area contributed by atoms with Gasteiger partial charge in [0, 0.05) is 19.6 Å². The summed E-state index contributed by atoms with van der Waals surface area (Å²) in [7, 11) is 1.57. The van der Waals surface area contributed by atoms with Crippen molar-refractivity contribution in [1.29, 1.82) is 0 Å². The fourth-order valence-electron chi connectivity index (χ4n) is 2.33. The molecule has 0 saturated carbocycles. The van der Waals surface area contributed by atoms with Gasteiger partial charge in [0.15, 0.2) is 0 Å². The Morgan fingerprint density at radius 3 is 2.87 bits per heavy atom. The normalized spacial score (nSPS) is 13.6. The number of ether oxygens (including phenoxy) is 1. The van der Waals surface area contributed by atoms with Crippen LogP contribution in [0.3, 0.4) is 0 Å². The number of hydrogen-bond acceptors (Lipinski definition) is 5. The van der Waals surface area contributed by atoms with E-state index in [9.17, 15) is 9.18 Å². The van der Waals surface area contributed by atoms with Crippen LogP contribution in [0.1, 0.15) is 24.4 Å². The number of tetrazole rings is 1. The molecule has 1 amide bonds. The molecular formula is C15H20FN5O2. The molecule has 0 aliphatic heterocycles. The van der Waals surface area contributed by atoms with Gasteiger partial charge in [-0.25, -0.2) is 9.07 Å². The topological polar surface area (TPSA) is 81.9 Å². The van der Waals surface area contributed by atoms with E-state index in [0.29, 0.717) is 18.0 Å². The van der Waals surface area contributed by atoms with Gasteiger partial charge in [-0.05, 0) is 42.0 Å². The molecule has 8 heteroatoms. The van der Waals surface area contributed by atoms with E-state index in [2.05, 4.69) is 20.8 Å². The molecule has 0 bridgehead atoms. The summed E-state index contributed by atoms with van der Waals surface area (Å²) in [6, 6.07) is 5.33. The Kier molecular flexibility index (Phi) is 5.75. The van der Waals surface area contributed by atoms with Crippen LogP contribution in [-0.4, -0.2) is 45.9 Å². The number of nitrogens with one attached hydrogen (secondary N) is 1. The van der Waals surface area contributed by atoms with Gasteiger partial charge < -0.3 is 10.1 Å². The van der Waals surface area contributed by atoms with Crippen LogP contribution in [0.25, 0.3) is 0 Å². The molecule has 23 heavy (non-hydrogen) atoms. The zero-order valence-electron chi connectivity index (χ0n) is 13.4. The second-order valence-corrected chi connectivity index (χ2v) is 5.39. The molecule has 0 spiro atoms. The highest BCUT2D eigenvalue weighted by molar-refractivity contribution is 5.80. The summed E-state index contributed by atoms with van der Waals surface area (Å²) in [6.07, 6.45) is 0.287. The number of methoxy groups -OCH3 is 1. The van der Waals surface area contributed by atoms with Gasteiger partial charge in [0.1, 0.15) is 17.7 Å². The molecule has 0 aliphatic rings. The number of benzene rings is 1. The van der Waals surface area contributed by atoms with E-state index in [-0.39, 0.29) is 24.2 Å². The fraction of sp³-hybridized carbons (Fsp3) is 0.467. The van der Waals surface area contributed by atoms with E-state index in [0.717, 1.165) is 0 Å². The summed E-state index contributed by atoms with van der Waals surface area (Å²) in [5, 5.41) is 14.1. The van der Waals surface area contributed by atoms with Crippen LogP contribution in [-0.2, 0) is 16.0 Å². The Morgan fingerprint density at radius 1 is 1.48 bits per heavy atom. The maximum absolute atomic E-state index is 13.4. The monoisotopic (exact) mass is 321 g/mol. The summed E-state index contributed by atoms with van der Waals surface area (Å²) in [5.74, 6) is -0.0713. The molecule has 0 saturated heterocycles. The van der Waals surface area contributed by atoms with Gasteiger partial charge in [-0.15, -0.1) is 5.10 Å². The SMILES string of the molecule is COC[C@H](C)NC(=O)[C@@H](Cc1cccc(F)c1)n1nnnc1C. The lowest BCUT2D eigenvalue weighted by molar-refractivity contribution is -0.125. The molecule has 1 aromatic heterocycles. The molecule has 0 unspecified atom stereocenters. The molecule has 0 fully saturated rings. The van der Waals surface area contributed by atoms with Gasteiger partial charge in [-0.1, -0.05) is 12.1 Å². The van der Waals surface area contributed by atoms with Gasteiger partial charge in [0.05, 0.1) is 6.61 Å². The summed E-state index contributed by atoms with van der Waals surface area (Å²) in [4.78, 5) is 12.6. The fourth-order valence-corrected chi connectivity index (χ4v) is 2.33. The molecule has 1 aromatic carbocycles. The number of amides is 1. The van der Waals surface area contributed by atoms with Crippen molar-refractivity contribution in [3.8, 4) is 0 Å². The maximum atomic E-state index is 13.4. The Balaban J connectivity index is 2.22. The van der Waals surface area contributed by atoms with E-state index in [1.807, 2.05) is 6.92 Å². The Morgan fingerprint density at radius 2 is 2.26 bits per heavy atom. The van der Waals surface area contributed by atoms with Crippen LogP contribution in [0, 0.1) is 12.7 Å². The zero-order chi connectivity index (χ0) is 16.8. The van der Waals surface area contributed by atoms with Crippen molar-refractivity contribution in [3.63, 3.8) is 0 Å². The molecule has 0 radical (unpaired) electrons. The zero-order valence-corrected chi connectivity index (χ0v) is 13.4. The predicted molar refractivity (Wildman–Crippen MR) is 81.2 cm³/mol. The quantitative estimate of drug-likeness (QED) is 0.824. The minimum Gasteiger partial charge on any atom is -0.383 e. The van der Waals surface area contributed by atoms with Crippen LogP contribution < -0.4 is 5.32 Å². The average Bonchev–Trinajstić information content (AvgIpc) is 2.91. The van der Waals surface area contributed by atoms with E-state index in [1.54, 1.807) is 26.2 Å². The number of nitrogens with zero attached hydrogens (tertiary/aromatic N) is 4. The van der Waals surface area contributed by atoms with Crippen molar-refractivity contribution >= 4 is 5.91 Å². The first-order valence-corrected chi connectivity index (χ1v) is 7.29. The molecule has 124 valence electrons. The highest BCUT2D eigenvalue weighted by Gasteiger charge is 2.25. The molecule has 7 nitrogen and oxygen atoms in total. The lowest BCUT2D eigenvalue weighted by Crippen LogP contribution is -2.41. The summed E-state index contributed by atoms with van der Waals surface area (Å²) in [6.45, 7) is 3.95. The van der Waals surface area contributed by atoms with Crippen LogP contribution >= 0.6 is 0 Å². The molecule has 0 aliphatic carbocycles. The first kappa shape index (κ1) is 17.0. The minimum atomic E-state index is -0.661. The molecule has 1 heterocycles. The van der Waals surface area contributed by atoms with Gasteiger partial charge in [-0.3, -0.25) is 4.79 Å². The summed E-state index contributed by atoms with van der Waals surface area (Å²) in [5.41, 5.74) is 0.694. The average molecular weight is 321 g/mol. The Hall–Kier alpha value is -2.35. The lowest BCUT2D eigenvalue weighted by Gasteiger charge is -2.20. The Labute approximate surface area is 133 Å². The standard InChI is InChI=1S/C15H20FN5O2/c1-10(9-23-3)17-15(22)14(21-11(2)18-19-20-21)8-12-5-4-6-13(16)7-12/h4-7,10,14H,8-9H2,1-3H3,(H,17,22)/t10-,14+/m0/s1. The van der Waals surface area contributed by atoms with Crippen molar-refractivity contribution < 1.29 is 13.9 Å². The molecular weight excluding hydrogens is 301 g/mol. The second kappa shape index (κ2) is 7.77. The highest BCUT2D eigenvalue weighted by atomic mass is 19.1. The van der Waals surface area contributed by atoms with Crippen LogP contribution in [0.4, 0.5) is 4.39 Å². The number of hydrogen-bond donors (Lipinski definition) is 1. The third-order valence-electron chi connectivity index (χ3n) is 3.38. The smallest absolute Gasteiger partial charge is 0.245 e. The summed E-state index contributed by atoms with van der Waals surface area (Å²) < 4.78 is 19.9. The first-order valence-electron chi connectivity index (χ1n) is 7.29. The predicted octanol–water partition coefficient (Wildman–Crippen LogP) is 1.06. The highest BCUT2D eigenvalue weighted by Crippen LogP contribution is 2.16. The second-order valence-electron chi connectivity index (χ2n) is 5.39. The van der Waals surface area contributed by atoms with E-state index >= 15 is 0 Å². The first-order chi connectivity index (χ1) is 11.0. The van der Waals surface area contributed by atoms with Crippen molar-refractivity contribution in [2.45, 2.75) is 32.4 Å². The van der Waals surface area contributed by atoms with Crippen molar-refractivity contribution in [3.05, 3.63) is 41.5 Å². The Bertz CT molecular complexity index is 661. The largest absolute Gasteiger partial charge is 0.383 e. The molecule has 2 atom stereocenters. The van der Waals surface area contributed by atoms with Gasteiger partial charge in [0.2, 0.25) is 5.91 Å². The van der Waals surface area contributed by atoms with Crippen LogP contribution in [0.2, 0.25) is 0 Å². The number of aromatic nitrogens is 4. The number of carbonyl (C=O) groups excluding carboxylic acids is 1. The minimum absolute atomic E-state index is 0.153. The molecule has 1 N–H and O–H groups in total. The number of rotatable bonds is 7. The maximum Gasteiger partial charge on any atom is 0.245 e. The summed E-state index contributed by atoms with van der Waals surface area (Å²) >= 11 is 0. The van der Waals surface area contributed by atoms with Gasteiger partial charge in [-0.2, -0.15) is 0 Å². The lowest BCUT2D eigenvalue weighted by atomic mass is 10.0. The van der Waals surface area contributed by atoms with E-state index < -0.39 is 6.04 Å². The van der Waals surface area contributed by atoms with E-state index in [4.69, 9.17) is 4.74 Å². The van der Waals surface area contributed by atoms with Crippen LogP contribution in [0.5, 0.6) is 0 Å². The van der Waals surface area contributed by atoms with Crippen molar-refractivity contribution in [1.82, 2.24) is 25.5 Å². The van der Waals surface area contributed by atoms with E-state index in [1.165, 1.54) is 16.8 Å². The van der Waals surface area contributed by atoms with Crippen molar-refractivity contribution in [2.75, 3.05) is 13.7 Å². The van der Waals surface area contributed by atoms with Gasteiger partial charge in [0.25, 0.3) is 0 Å². The third-order valence-corrected chi connectivity index (χ3v) is 3.38. The van der Waals surface area contributed by atoms with Gasteiger partial charge >= 0.3 is 0 Å². The molecule has 2 aromatic rings. The third kappa shape index (κ3) is 4.56. The van der Waals surface area contributed by atoms with Crippen molar-refractivity contribution in [2.24, 2.45) is 0 Å². The number of halogens is 1.